The summed E-state index contributed by atoms with van der Waals surface area (Å²) < 4.78 is 5.78. The van der Waals surface area contributed by atoms with E-state index in [0.717, 1.165) is 11.3 Å². The maximum Gasteiger partial charge on any atom is 0.248 e. The van der Waals surface area contributed by atoms with E-state index in [1.54, 1.807) is 12.3 Å². The van der Waals surface area contributed by atoms with E-state index >= 15 is 0 Å². The lowest BCUT2D eigenvalue weighted by Gasteiger charge is -2.02. The summed E-state index contributed by atoms with van der Waals surface area (Å²) in [5.41, 5.74) is 2.20. The molecule has 0 saturated heterocycles. The summed E-state index contributed by atoms with van der Waals surface area (Å²) in [7, 11) is 0. The highest BCUT2D eigenvalue weighted by atomic mass is 16.3. The van der Waals surface area contributed by atoms with Crippen LogP contribution in [0.2, 0.25) is 0 Å². The highest BCUT2D eigenvalue weighted by molar-refractivity contribution is 6.01. The first-order valence-electron chi connectivity index (χ1n) is 9.29. The summed E-state index contributed by atoms with van der Waals surface area (Å²) in [5.74, 6) is 8.78. The smallest absolute Gasteiger partial charge is 0.248 e. The lowest BCUT2D eigenvalue weighted by molar-refractivity contribution is -0.111. The van der Waals surface area contributed by atoms with Gasteiger partial charge >= 0.3 is 0 Å². The second-order valence-corrected chi connectivity index (χ2v) is 6.93. The summed E-state index contributed by atoms with van der Waals surface area (Å²) in [6.07, 6.45) is 6.05. The Morgan fingerprint density at radius 3 is 2.86 bits per heavy atom. The van der Waals surface area contributed by atoms with Crippen molar-refractivity contribution in [2.75, 3.05) is 5.32 Å². The lowest BCUT2D eigenvalue weighted by atomic mass is 10.2. The summed E-state index contributed by atoms with van der Waals surface area (Å²) in [4.78, 5) is 16.4. The average molecular weight is 368 g/mol. The van der Waals surface area contributed by atoms with Gasteiger partial charge in [0.1, 0.15) is 17.2 Å². The Hall–Kier alpha value is -3.58. The van der Waals surface area contributed by atoms with Crippen molar-refractivity contribution in [3.05, 3.63) is 89.6 Å². The van der Waals surface area contributed by atoms with Gasteiger partial charge in [0, 0.05) is 29.4 Å². The predicted molar refractivity (Wildman–Crippen MR) is 110 cm³/mol. The minimum absolute atomic E-state index is 0.215. The SMILES string of the molecule is CC1CC1c1ccc(/C=C/C(=O)Nc2cccc(C#Cc3ccccn3)c2)o1. The molecular formula is C24H20N2O2. The number of amides is 1. The zero-order valence-corrected chi connectivity index (χ0v) is 15.6. The second kappa shape index (κ2) is 7.98. The number of aromatic nitrogens is 1. The number of nitrogens with one attached hydrogen (secondary N) is 1. The first kappa shape index (κ1) is 17.8. The zero-order valence-electron chi connectivity index (χ0n) is 15.6. The fraction of sp³-hybridized carbons (Fsp3) is 0.167. The number of carbonyl (C=O) groups is 1. The van der Waals surface area contributed by atoms with Crippen molar-refractivity contribution < 1.29 is 9.21 Å². The van der Waals surface area contributed by atoms with Gasteiger partial charge in [-0.05, 0) is 66.8 Å². The molecule has 28 heavy (non-hydrogen) atoms. The lowest BCUT2D eigenvalue weighted by Crippen LogP contribution is -2.07. The molecular weight excluding hydrogens is 348 g/mol. The van der Waals surface area contributed by atoms with Crippen molar-refractivity contribution >= 4 is 17.7 Å². The van der Waals surface area contributed by atoms with Gasteiger partial charge in [-0.15, -0.1) is 0 Å². The van der Waals surface area contributed by atoms with Crippen molar-refractivity contribution in [3.63, 3.8) is 0 Å². The van der Waals surface area contributed by atoms with Gasteiger partial charge in [0.05, 0.1) is 0 Å². The topological polar surface area (TPSA) is 55.1 Å². The zero-order chi connectivity index (χ0) is 19.3. The van der Waals surface area contributed by atoms with Crippen molar-refractivity contribution in [1.29, 1.82) is 0 Å². The van der Waals surface area contributed by atoms with Crippen LogP contribution in [-0.4, -0.2) is 10.9 Å². The summed E-state index contributed by atoms with van der Waals surface area (Å²) in [6, 6.07) is 16.9. The van der Waals surface area contributed by atoms with E-state index in [4.69, 9.17) is 4.42 Å². The van der Waals surface area contributed by atoms with Crippen molar-refractivity contribution in [2.45, 2.75) is 19.3 Å². The van der Waals surface area contributed by atoms with Gasteiger partial charge in [0.25, 0.3) is 0 Å². The van der Waals surface area contributed by atoms with Gasteiger partial charge in [0.15, 0.2) is 0 Å². The van der Waals surface area contributed by atoms with Crippen LogP contribution in [0.15, 0.2) is 71.3 Å². The van der Waals surface area contributed by atoms with E-state index in [1.807, 2.05) is 54.6 Å². The number of hydrogen-bond donors (Lipinski definition) is 1. The number of benzene rings is 1. The quantitative estimate of drug-likeness (QED) is 0.529. The van der Waals surface area contributed by atoms with E-state index in [0.29, 0.717) is 29.0 Å². The fourth-order valence-electron chi connectivity index (χ4n) is 2.97. The van der Waals surface area contributed by atoms with Crippen LogP contribution >= 0.6 is 0 Å². The molecule has 1 amide bonds. The van der Waals surface area contributed by atoms with Gasteiger partial charge in [-0.1, -0.05) is 25.0 Å². The van der Waals surface area contributed by atoms with E-state index in [2.05, 4.69) is 29.1 Å². The van der Waals surface area contributed by atoms with Gasteiger partial charge < -0.3 is 9.73 Å². The Bertz CT molecular complexity index is 1070. The van der Waals surface area contributed by atoms with Crippen LogP contribution in [0.25, 0.3) is 6.08 Å². The Balaban J connectivity index is 1.38. The van der Waals surface area contributed by atoms with E-state index in [-0.39, 0.29) is 5.91 Å². The average Bonchev–Trinajstić information content (AvgIpc) is 3.25. The summed E-state index contributed by atoms with van der Waals surface area (Å²) in [6.45, 7) is 2.21. The van der Waals surface area contributed by atoms with Crippen LogP contribution in [0.3, 0.4) is 0 Å². The second-order valence-electron chi connectivity index (χ2n) is 6.93. The van der Waals surface area contributed by atoms with Crippen LogP contribution in [-0.2, 0) is 4.79 Å². The largest absolute Gasteiger partial charge is 0.461 e. The van der Waals surface area contributed by atoms with E-state index in [1.165, 1.54) is 12.5 Å². The van der Waals surface area contributed by atoms with Crippen LogP contribution < -0.4 is 5.32 Å². The monoisotopic (exact) mass is 368 g/mol. The van der Waals surface area contributed by atoms with Crippen molar-refractivity contribution in [3.8, 4) is 11.8 Å². The number of rotatable bonds is 4. The first-order valence-corrected chi connectivity index (χ1v) is 9.29. The standard InChI is InChI=1S/C24H20N2O2/c1-17-15-22(17)23-12-10-21(28-23)11-13-24(27)26-20-7-4-5-18(16-20)8-9-19-6-2-3-14-25-19/h2-7,10-14,16-17,22H,15H2,1H3,(H,26,27)/b13-11+. The first-order chi connectivity index (χ1) is 13.7. The van der Waals surface area contributed by atoms with Crippen LogP contribution in [0.4, 0.5) is 5.69 Å². The van der Waals surface area contributed by atoms with Crippen LogP contribution in [0, 0.1) is 17.8 Å². The molecule has 4 nitrogen and oxygen atoms in total. The Kier molecular flexibility index (Phi) is 5.07. The summed E-state index contributed by atoms with van der Waals surface area (Å²) >= 11 is 0. The third-order valence-electron chi connectivity index (χ3n) is 4.65. The third kappa shape index (κ3) is 4.57. The number of anilines is 1. The van der Waals surface area contributed by atoms with Crippen LogP contribution in [0.1, 0.15) is 42.0 Å². The molecule has 4 heteroatoms. The molecule has 3 aromatic rings. The maximum absolute atomic E-state index is 12.2. The molecule has 1 fully saturated rings. The number of furan rings is 1. The Labute approximate surface area is 164 Å². The van der Waals surface area contributed by atoms with Gasteiger partial charge in [0.2, 0.25) is 5.91 Å². The molecule has 0 spiro atoms. The molecule has 0 bridgehead atoms. The Morgan fingerprint density at radius 2 is 2.07 bits per heavy atom. The molecule has 138 valence electrons. The molecule has 1 N–H and O–H groups in total. The molecule has 2 atom stereocenters. The van der Waals surface area contributed by atoms with Gasteiger partial charge in [-0.3, -0.25) is 4.79 Å². The van der Waals surface area contributed by atoms with Crippen molar-refractivity contribution in [2.24, 2.45) is 5.92 Å². The molecule has 2 unspecified atom stereocenters. The van der Waals surface area contributed by atoms with Crippen LogP contribution in [0.5, 0.6) is 0 Å². The van der Waals surface area contributed by atoms with Gasteiger partial charge in [-0.2, -0.15) is 0 Å². The number of nitrogens with zero attached hydrogens (tertiary/aromatic N) is 1. The molecule has 2 aromatic heterocycles. The molecule has 1 aromatic carbocycles. The molecule has 0 radical (unpaired) electrons. The highest BCUT2D eigenvalue weighted by Gasteiger charge is 2.36. The number of carbonyl (C=O) groups excluding carboxylic acids is 1. The molecule has 1 saturated carbocycles. The van der Waals surface area contributed by atoms with Crippen molar-refractivity contribution in [1.82, 2.24) is 4.98 Å². The molecule has 4 rings (SSSR count). The minimum atomic E-state index is -0.215. The Morgan fingerprint density at radius 1 is 1.18 bits per heavy atom. The number of hydrogen-bond acceptors (Lipinski definition) is 3. The van der Waals surface area contributed by atoms with E-state index < -0.39 is 0 Å². The molecule has 1 aliphatic rings. The highest BCUT2D eigenvalue weighted by Crippen LogP contribution is 2.47. The van der Waals surface area contributed by atoms with Gasteiger partial charge in [-0.25, -0.2) is 4.98 Å². The third-order valence-corrected chi connectivity index (χ3v) is 4.65. The number of pyridine rings is 1. The minimum Gasteiger partial charge on any atom is -0.461 e. The summed E-state index contributed by atoms with van der Waals surface area (Å²) in [5, 5.41) is 2.85. The predicted octanol–water partition coefficient (Wildman–Crippen LogP) is 4.85. The molecule has 1 aliphatic carbocycles. The molecule has 2 heterocycles. The normalized spacial score (nSPS) is 17.8. The molecule has 0 aliphatic heterocycles. The maximum atomic E-state index is 12.2. The van der Waals surface area contributed by atoms with E-state index in [9.17, 15) is 4.79 Å². The fourth-order valence-corrected chi connectivity index (χ4v) is 2.97.